The van der Waals surface area contributed by atoms with Crippen molar-refractivity contribution in [1.29, 1.82) is 0 Å². The van der Waals surface area contributed by atoms with Gasteiger partial charge in [0.25, 0.3) is 0 Å². The third-order valence-corrected chi connectivity index (χ3v) is 2.80. The van der Waals surface area contributed by atoms with E-state index in [1.165, 1.54) is 7.11 Å². The molecule has 3 atom stereocenters. The number of carbonyl (C=O) groups excluding carboxylic acids is 2. The summed E-state index contributed by atoms with van der Waals surface area (Å²) in [5, 5.41) is 9.96. The van der Waals surface area contributed by atoms with Crippen molar-refractivity contribution in [2.45, 2.75) is 52.0 Å². The number of amides is 1. The Balaban J connectivity index is 2.88. The van der Waals surface area contributed by atoms with Crippen LogP contribution in [0.2, 0.25) is 0 Å². The molecule has 1 saturated heterocycles. The Kier molecular flexibility index (Phi) is 4.21. The van der Waals surface area contributed by atoms with Crippen molar-refractivity contribution in [3.63, 3.8) is 0 Å². The molecule has 0 aromatic carbocycles. The number of esters is 1. The highest BCUT2D eigenvalue weighted by atomic mass is 16.6. The molecule has 1 aliphatic rings. The summed E-state index contributed by atoms with van der Waals surface area (Å²) in [5.74, 6) is -0.731. The summed E-state index contributed by atoms with van der Waals surface area (Å²) in [6, 6.07) is -0.783. The van der Waals surface area contributed by atoms with Gasteiger partial charge in [-0.15, -0.1) is 0 Å². The van der Waals surface area contributed by atoms with Gasteiger partial charge in [0.05, 0.1) is 7.11 Å². The van der Waals surface area contributed by atoms with Gasteiger partial charge in [-0.3, -0.25) is 4.90 Å². The Bertz CT molecular complexity index is 336. The van der Waals surface area contributed by atoms with Crippen molar-refractivity contribution < 1.29 is 24.2 Å². The lowest BCUT2D eigenvalue weighted by molar-refractivity contribution is -0.148. The predicted octanol–water partition coefficient (Wildman–Crippen LogP) is 1.12. The number of aliphatic hydroxyl groups excluding tert-OH is 1. The molecular weight excluding hydrogens is 238 g/mol. The first kappa shape index (κ1) is 14.8. The zero-order valence-electron chi connectivity index (χ0n) is 11.5. The van der Waals surface area contributed by atoms with Gasteiger partial charge in [0.1, 0.15) is 17.9 Å². The SMILES string of the molecule is COC(=O)[C@@H]1CC(C)C(O)N1C(=O)OC(C)(C)C. The molecule has 2 unspecified atom stereocenters. The molecule has 6 nitrogen and oxygen atoms in total. The molecule has 1 fully saturated rings. The van der Waals surface area contributed by atoms with Crippen molar-refractivity contribution in [2.24, 2.45) is 5.92 Å². The number of aliphatic hydroxyl groups is 1. The molecule has 0 saturated carbocycles. The van der Waals surface area contributed by atoms with Crippen LogP contribution in [-0.2, 0) is 14.3 Å². The second-order valence-corrected chi connectivity index (χ2v) is 5.55. The Hall–Kier alpha value is -1.30. The molecule has 1 N–H and O–H groups in total. The monoisotopic (exact) mass is 259 g/mol. The normalized spacial score (nSPS) is 28.1. The van der Waals surface area contributed by atoms with Crippen LogP contribution in [0.3, 0.4) is 0 Å². The Morgan fingerprint density at radius 2 is 1.89 bits per heavy atom. The van der Waals surface area contributed by atoms with Crippen molar-refractivity contribution in [1.82, 2.24) is 4.90 Å². The van der Waals surface area contributed by atoms with E-state index in [0.717, 1.165) is 4.90 Å². The number of carbonyl (C=O) groups is 2. The third kappa shape index (κ3) is 3.13. The molecule has 1 amide bonds. The van der Waals surface area contributed by atoms with Gasteiger partial charge >= 0.3 is 12.1 Å². The highest BCUT2D eigenvalue weighted by molar-refractivity contribution is 5.82. The molecule has 0 bridgehead atoms. The van der Waals surface area contributed by atoms with E-state index in [0.29, 0.717) is 6.42 Å². The molecule has 0 aromatic rings. The predicted molar refractivity (Wildman–Crippen MR) is 63.7 cm³/mol. The van der Waals surface area contributed by atoms with E-state index in [1.807, 2.05) is 0 Å². The standard InChI is InChI=1S/C12H21NO5/c1-7-6-8(10(15)17-5)13(9(7)14)11(16)18-12(2,3)4/h7-9,14H,6H2,1-5H3/t7?,8-,9?/m0/s1. The molecule has 104 valence electrons. The molecule has 0 spiro atoms. The van der Waals surface area contributed by atoms with Crippen LogP contribution in [0.1, 0.15) is 34.1 Å². The maximum absolute atomic E-state index is 12.0. The van der Waals surface area contributed by atoms with Crippen LogP contribution in [0, 0.1) is 5.92 Å². The fourth-order valence-corrected chi connectivity index (χ4v) is 1.94. The zero-order chi connectivity index (χ0) is 14.1. The Labute approximate surface area is 107 Å². The second-order valence-electron chi connectivity index (χ2n) is 5.55. The summed E-state index contributed by atoms with van der Waals surface area (Å²) in [6.45, 7) is 6.95. The molecule has 1 aliphatic heterocycles. The number of hydrogen-bond donors (Lipinski definition) is 1. The van der Waals surface area contributed by atoms with Gasteiger partial charge in [-0.25, -0.2) is 9.59 Å². The lowest BCUT2D eigenvalue weighted by atomic mass is 10.1. The lowest BCUT2D eigenvalue weighted by Gasteiger charge is -2.29. The van der Waals surface area contributed by atoms with E-state index in [-0.39, 0.29) is 5.92 Å². The summed E-state index contributed by atoms with van der Waals surface area (Å²) in [6.07, 6.45) is -1.36. The van der Waals surface area contributed by atoms with Gasteiger partial charge in [0.2, 0.25) is 0 Å². The maximum atomic E-state index is 12.0. The van der Waals surface area contributed by atoms with Crippen LogP contribution >= 0.6 is 0 Å². The van der Waals surface area contributed by atoms with Crippen LogP contribution in [0.15, 0.2) is 0 Å². The number of likely N-dealkylation sites (tertiary alicyclic amines) is 1. The first-order chi connectivity index (χ1) is 8.17. The van der Waals surface area contributed by atoms with Crippen molar-refractivity contribution in [3.8, 4) is 0 Å². The van der Waals surface area contributed by atoms with E-state index in [9.17, 15) is 14.7 Å². The average Bonchev–Trinajstić information content (AvgIpc) is 2.52. The Morgan fingerprint density at radius 1 is 1.33 bits per heavy atom. The van der Waals surface area contributed by atoms with Gasteiger partial charge in [-0.2, -0.15) is 0 Å². The molecule has 1 heterocycles. The summed E-state index contributed by atoms with van der Waals surface area (Å²) in [7, 11) is 1.25. The second kappa shape index (κ2) is 5.14. The maximum Gasteiger partial charge on any atom is 0.413 e. The fourth-order valence-electron chi connectivity index (χ4n) is 1.94. The third-order valence-electron chi connectivity index (χ3n) is 2.80. The minimum Gasteiger partial charge on any atom is -0.467 e. The zero-order valence-corrected chi connectivity index (χ0v) is 11.5. The first-order valence-corrected chi connectivity index (χ1v) is 5.94. The summed E-state index contributed by atoms with van der Waals surface area (Å²) >= 11 is 0. The topological polar surface area (TPSA) is 76.1 Å². The summed E-state index contributed by atoms with van der Waals surface area (Å²) < 4.78 is 9.83. The van der Waals surface area contributed by atoms with Gasteiger partial charge < -0.3 is 14.6 Å². The van der Waals surface area contributed by atoms with Crippen molar-refractivity contribution >= 4 is 12.1 Å². The molecule has 0 radical (unpaired) electrons. The van der Waals surface area contributed by atoms with Gasteiger partial charge in [0, 0.05) is 5.92 Å². The van der Waals surface area contributed by atoms with E-state index in [2.05, 4.69) is 4.74 Å². The minimum absolute atomic E-state index is 0.193. The number of methoxy groups -OCH3 is 1. The number of nitrogens with zero attached hydrogens (tertiary/aromatic N) is 1. The van der Waals surface area contributed by atoms with Gasteiger partial charge in [-0.05, 0) is 27.2 Å². The largest absolute Gasteiger partial charge is 0.467 e. The average molecular weight is 259 g/mol. The van der Waals surface area contributed by atoms with E-state index in [1.54, 1.807) is 27.7 Å². The molecule has 6 heteroatoms. The first-order valence-electron chi connectivity index (χ1n) is 5.94. The summed E-state index contributed by atoms with van der Waals surface area (Å²) in [4.78, 5) is 24.6. The molecule has 0 aromatic heterocycles. The lowest BCUT2D eigenvalue weighted by Crippen LogP contribution is -2.48. The van der Waals surface area contributed by atoms with Crippen LogP contribution in [0.5, 0.6) is 0 Å². The number of hydrogen-bond acceptors (Lipinski definition) is 5. The van der Waals surface area contributed by atoms with Crippen LogP contribution in [-0.4, -0.2) is 47.0 Å². The number of rotatable bonds is 1. The smallest absolute Gasteiger partial charge is 0.413 e. The quantitative estimate of drug-likeness (QED) is 0.714. The van der Waals surface area contributed by atoms with Gasteiger partial charge in [-0.1, -0.05) is 6.92 Å². The molecular formula is C12H21NO5. The van der Waals surface area contributed by atoms with Crippen molar-refractivity contribution in [3.05, 3.63) is 0 Å². The van der Waals surface area contributed by atoms with Crippen molar-refractivity contribution in [2.75, 3.05) is 7.11 Å². The van der Waals surface area contributed by atoms with Crippen LogP contribution in [0.25, 0.3) is 0 Å². The van der Waals surface area contributed by atoms with E-state index < -0.39 is 29.9 Å². The van der Waals surface area contributed by atoms with Crippen LogP contribution in [0.4, 0.5) is 4.79 Å². The highest BCUT2D eigenvalue weighted by Crippen LogP contribution is 2.30. The fraction of sp³-hybridized carbons (Fsp3) is 0.833. The molecule has 0 aliphatic carbocycles. The van der Waals surface area contributed by atoms with E-state index in [4.69, 9.17) is 4.74 Å². The minimum atomic E-state index is -1.02. The molecule has 18 heavy (non-hydrogen) atoms. The number of ether oxygens (including phenoxy) is 2. The molecule has 1 rings (SSSR count). The van der Waals surface area contributed by atoms with Gasteiger partial charge in [0.15, 0.2) is 0 Å². The van der Waals surface area contributed by atoms with Crippen LogP contribution < -0.4 is 0 Å². The van der Waals surface area contributed by atoms with E-state index >= 15 is 0 Å². The Morgan fingerprint density at radius 3 is 2.33 bits per heavy atom. The summed E-state index contributed by atoms with van der Waals surface area (Å²) in [5.41, 5.74) is -0.677. The highest BCUT2D eigenvalue weighted by Gasteiger charge is 2.46.